The Morgan fingerprint density at radius 2 is 1.62 bits per heavy atom. The van der Waals surface area contributed by atoms with Crippen LogP contribution in [0.2, 0.25) is 0 Å². The quantitative estimate of drug-likeness (QED) is 0.0588. The molecule has 4 aromatic carbocycles. The maximum Gasteiger partial charge on any atom is 0.341 e. The van der Waals surface area contributed by atoms with E-state index in [9.17, 15) is 19.2 Å². The molecule has 0 saturated carbocycles. The Morgan fingerprint density at radius 1 is 0.911 bits per heavy atom. The molecule has 288 valence electrons. The number of hydrogen-bond acceptors (Lipinski definition) is 9. The lowest BCUT2D eigenvalue weighted by atomic mass is 10.0. The normalized spacial score (nSPS) is 13.2. The molecule has 1 unspecified atom stereocenters. The van der Waals surface area contributed by atoms with Crippen LogP contribution in [0.1, 0.15) is 55.6 Å². The monoisotopic (exact) mass is 787 g/mol. The van der Waals surface area contributed by atoms with Crippen LogP contribution in [0.5, 0.6) is 0 Å². The van der Waals surface area contributed by atoms with E-state index in [4.69, 9.17) is 4.74 Å². The molecule has 6 rings (SSSR count). The van der Waals surface area contributed by atoms with Crippen molar-refractivity contribution in [2.75, 3.05) is 43.3 Å². The molecule has 0 bridgehead atoms. The summed E-state index contributed by atoms with van der Waals surface area (Å²) in [5, 5.41) is 8.78. The van der Waals surface area contributed by atoms with Gasteiger partial charge in [0.2, 0.25) is 5.91 Å². The molecule has 1 atom stereocenters. The Labute approximate surface area is 335 Å². The zero-order valence-corrected chi connectivity index (χ0v) is 33.5. The number of methoxy groups -OCH3 is 1. The summed E-state index contributed by atoms with van der Waals surface area (Å²) in [5.41, 5.74) is 5.31. The van der Waals surface area contributed by atoms with Crippen LogP contribution in [0, 0.1) is 0 Å². The lowest BCUT2D eigenvalue weighted by molar-refractivity contribution is -0.116. The highest BCUT2D eigenvalue weighted by atomic mass is 32.2. The van der Waals surface area contributed by atoms with Gasteiger partial charge in [-0.2, -0.15) is 0 Å². The van der Waals surface area contributed by atoms with E-state index in [1.807, 2.05) is 80.5 Å². The van der Waals surface area contributed by atoms with E-state index in [0.29, 0.717) is 41.2 Å². The van der Waals surface area contributed by atoms with Crippen LogP contribution in [-0.2, 0) is 33.8 Å². The first-order valence-corrected chi connectivity index (χ1v) is 20.0. The number of thiophene rings is 1. The van der Waals surface area contributed by atoms with Gasteiger partial charge in [-0.15, -0.1) is 23.1 Å². The number of carbonyl (C=O) groups excluding carboxylic acids is 4. The third-order valence-electron chi connectivity index (χ3n) is 9.29. The Kier molecular flexibility index (Phi) is 13.4. The summed E-state index contributed by atoms with van der Waals surface area (Å²) < 4.78 is 5.17. The zero-order valence-electron chi connectivity index (χ0n) is 31.8. The van der Waals surface area contributed by atoms with E-state index in [1.165, 1.54) is 35.8 Å². The summed E-state index contributed by atoms with van der Waals surface area (Å²) in [6.45, 7) is 4.19. The van der Waals surface area contributed by atoms with Gasteiger partial charge in [-0.05, 0) is 78.1 Å². The molecule has 5 aromatic rings. The first-order valence-electron chi connectivity index (χ1n) is 18.3. The smallest absolute Gasteiger partial charge is 0.341 e. The third-order valence-corrected chi connectivity index (χ3v) is 11.8. The van der Waals surface area contributed by atoms with Gasteiger partial charge >= 0.3 is 5.97 Å². The molecule has 0 fully saturated rings. The molecular formula is C44H45N5O5S2. The van der Waals surface area contributed by atoms with Crippen molar-refractivity contribution >= 4 is 69.2 Å². The predicted molar refractivity (Wildman–Crippen MR) is 226 cm³/mol. The van der Waals surface area contributed by atoms with Crippen molar-refractivity contribution in [3.63, 3.8) is 0 Å². The van der Waals surface area contributed by atoms with Crippen LogP contribution in [0.25, 0.3) is 6.08 Å². The third kappa shape index (κ3) is 10.1. The summed E-state index contributed by atoms with van der Waals surface area (Å²) in [5.74, 6) is -1.61. The molecule has 3 amide bonds. The minimum absolute atomic E-state index is 0.0727. The van der Waals surface area contributed by atoms with Gasteiger partial charge in [-0.1, -0.05) is 73.7 Å². The van der Waals surface area contributed by atoms with E-state index in [1.54, 1.807) is 48.5 Å². The van der Waals surface area contributed by atoms with Crippen molar-refractivity contribution in [2.24, 2.45) is 0 Å². The molecule has 0 spiro atoms. The maximum absolute atomic E-state index is 13.8. The molecule has 0 radical (unpaired) electrons. The van der Waals surface area contributed by atoms with Crippen LogP contribution in [0.3, 0.4) is 0 Å². The van der Waals surface area contributed by atoms with E-state index < -0.39 is 23.0 Å². The second-order valence-corrected chi connectivity index (χ2v) is 15.9. The van der Waals surface area contributed by atoms with Gasteiger partial charge in [0, 0.05) is 60.4 Å². The molecule has 1 aliphatic heterocycles. The number of fused-ring (bicyclic) bond motifs is 1. The van der Waals surface area contributed by atoms with Gasteiger partial charge in [-0.25, -0.2) is 4.79 Å². The highest BCUT2D eigenvalue weighted by Crippen LogP contribution is 2.39. The first-order chi connectivity index (χ1) is 27.1. The van der Waals surface area contributed by atoms with Gasteiger partial charge in [0.05, 0.1) is 17.9 Å². The highest BCUT2D eigenvalue weighted by Gasteiger charge is 2.30. The van der Waals surface area contributed by atoms with Crippen LogP contribution in [0.15, 0.2) is 120 Å². The van der Waals surface area contributed by atoms with Crippen molar-refractivity contribution < 1.29 is 23.9 Å². The van der Waals surface area contributed by atoms with E-state index >= 15 is 0 Å². The molecule has 12 heteroatoms. The first kappa shape index (κ1) is 40.0. The summed E-state index contributed by atoms with van der Waals surface area (Å²) in [4.78, 5) is 59.9. The summed E-state index contributed by atoms with van der Waals surface area (Å²) in [6, 6.07) is 33.8. The van der Waals surface area contributed by atoms with E-state index in [2.05, 4.69) is 33.0 Å². The largest absolute Gasteiger partial charge is 0.465 e. The molecule has 56 heavy (non-hydrogen) atoms. The number of benzene rings is 4. The van der Waals surface area contributed by atoms with Gasteiger partial charge in [-0.3, -0.25) is 19.3 Å². The molecule has 1 aromatic heterocycles. The Bertz CT molecular complexity index is 2200. The summed E-state index contributed by atoms with van der Waals surface area (Å²) in [7, 11) is 5.25. The number of ether oxygens (including phenoxy) is 1. The number of esters is 1. The molecule has 0 saturated heterocycles. The van der Waals surface area contributed by atoms with Crippen LogP contribution in [-0.4, -0.2) is 61.6 Å². The number of thioether (sulfide) groups is 1. The standard InChI is InChI=1S/C44H45N5O5S2/c1-5-37(42(52)47-43-39(44(53)54-4)35-23-24-49(28-38(35)56-43)27-30-13-8-6-9-14-30)55-34-18-12-17-32(26-34)45-41(51)36(46-40(50)31-15-10-7-11-16-31)25-29-19-21-33(22-20-29)48(2)3/h6-22,25-26,37H,5,23-24,27-28H2,1-4H3,(H,45,51)(H,46,50)(H,47,52)/b36-25+. The highest BCUT2D eigenvalue weighted by molar-refractivity contribution is 8.00. The lowest BCUT2D eigenvalue weighted by Crippen LogP contribution is -2.30. The Hall–Kier alpha value is -5.69. The fraction of sp³-hybridized carbons (Fsp3) is 0.227. The second kappa shape index (κ2) is 18.8. The van der Waals surface area contributed by atoms with Crippen LogP contribution in [0.4, 0.5) is 16.4 Å². The van der Waals surface area contributed by atoms with Crippen LogP contribution >= 0.6 is 23.1 Å². The second-order valence-electron chi connectivity index (χ2n) is 13.5. The fourth-order valence-electron chi connectivity index (χ4n) is 6.34. The van der Waals surface area contributed by atoms with Gasteiger partial charge in [0.1, 0.15) is 10.7 Å². The van der Waals surface area contributed by atoms with Gasteiger partial charge in [0.25, 0.3) is 11.8 Å². The van der Waals surface area contributed by atoms with Crippen LogP contribution < -0.4 is 20.9 Å². The molecule has 2 heterocycles. The van der Waals surface area contributed by atoms with Gasteiger partial charge < -0.3 is 25.6 Å². The zero-order chi connectivity index (χ0) is 39.6. The number of rotatable bonds is 14. The fourth-order valence-corrected chi connectivity index (χ4v) is 8.64. The number of hydrogen-bond donors (Lipinski definition) is 3. The topological polar surface area (TPSA) is 120 Å². The molecule has 0 aliphatic carbocycles. The SMILES string of the molecule is CCC(Sc1cccc(NC(=O)/C(=C\c2ccc(N(C)C)cc2)NC(=O)c2ccccc2)c1)C(=O)Nc1sc2c(c1C(=O)OC)CCN(Cc1ccccc1)C2. The summed E-state index contributed by atoms with van der Waals surface area (Å²) in [6.07, 6.45) is 2.83. The predicted octanol–water partition coefficient (Wildman–Crippen LogP) is 8.08. The van der Waals surface area contributed by atoms with Crippen molar-refractivity contribution in [3.05, 3.63) is 148 Å². The van der Waals surface area contributed by atoms with E-state index in [0.717, 1.165) is 39.7 Å². The minimum atomic E-state index is -0.503. The number of anilines is 3. The number of nitrogens with one attached hydrogen (secondary N) is 3. The van der Waals surface area contributed by atoms with Crippen molar-refractivity contribution in [1.82, 2.24) is 10.2 Å². The number of amides is 3. The maximum atomic E-state index is 13.8. The minimum Gasteiger partial charge on any atom is -0.465 e. The van der Waals surface area contributed by atoms with Gasteiger partial charge in [0.15, 0.2) is 0 Å². The van der Waals surface area contributed by atoms with Crippen molar-refractivity contribution in [1.29, 1.82) is 0 Å². The molecule has 10 nitrogen and oxygen atoms in total. The number of carbonyl (C=O) groups is 4. The van der Waals surface area contributed by atoms with Crippen molar-refractivity contribution in [2.45, 2.75) is 43.0 Å². The molecule has 3 N–H and O–H groups in total. The Balaban J connectivity index is 1.16. The van der Waals surface area contributed by atoms with Crippen molar-refractivity contribution in [3.8, 4) is 0 Å². The Morgan fingerprint density at radius 3 is 2.30 bits per heavy atom. The molecule has 1 aliphatic rings. The average molecular weight is 788 g/mol. The summed E-state index contributed by atoms with van der Waals surface area (Å²) >= 11 is 2.80. The average Bonchev–Trinajstić information content (AvgIpc) is 3.57. The lowest BCUT2D eigenvalue weighted by Gasteiger charge is -2.27. The van der Waals surface area contributed by atoms with E-state index in [-0.39, 0.29) is 11.6 Å². The number of nitrogens with zero attached hydrogens (tertiary/aromatic N) is 2. The molecular weight excluding hydrogens is 743 g/mol.